The lowest BCUT2D eigenvalue weighted by atomic mass is 10.2. The highest BCUT2D eigenvalue weighted by atomic mass is 79.9. The molecule has 2 heteroatoms. The predicted molar refractivity (Wildman–Crippen MR) is 50.9 cm³/mol. The quantitative estimate of drug-likeness (QED) is 0.674. The van der Waals surface area contributed by atoms with Crippen LogP contribution in [0.15, 0.2) is 17.5 Å². The van der Waals surface area contributed by atoms with E-state index < -0.39 is 0 Å². The molecule has 0 aliphatic rings. The van der Waals surface area contributed by atoms with Gasteiger partial charge in [-0.15, -0.1) is 11.3 Å². The van der Waals surface area contributed by atoms with Gasteiger partial charge in [-0.3, -0.25) is 0 Å². The maximum Gasteiger partial charge on any atom is 0.0489 e. The molecule has 0 saturated carbocycles. The summed E-state index contributed by atoms with van der Waals surface area (Å²) < 4.78 is 0. The lowest BCUT2D eigenvalue weighted by molar-refractivity contribution is 0.798. The third-order valence-corrected chi connectivity index (χ3v) is 3.63. The van der Waals surface area contributed by atoms with Gasteiger partial charge < -0.3 is 0 Å². The minimum absolute atomic E-state index is 0.581. The second kappa shape index (κ2) is 4.14. The smallest absolute Gasteiger partial charge is 0.0489 e. The average molecular weight is 219 g/mol. The number of alkyl halides is 1. The highest BCUT2D eigenvalue weighted by molar-refractivity contribution is 9.09. The van der Waals surface area contributed by atoms with E-state index in [1.54, 1.807) is 0 Å². The number of hydrogen-bond acceptors (Lipinski definition) is 1. The van der Waals surface area contributed by atoms with Crippen LogP contribution >= 0.6 is 27.3 Å². The number of thiophene rings is 1. The third kappa shape index (κ3) is 2.10. The Balaban J connectivity index is 2.50. The van der Waals surface area contributed by atoms with E-state index >= 15 is 0 Å². The summed E-state index contributed by atoms with van der Waals surface area (Å²) in [6.07, 6.45) is 2.48. The van der Waals surface area contributed by atoms with Crippen LogP contribution in [-0.4, -0.2) is 0 Å². The Morgan fingerprint density at radius 2 is 2.50 bits per heavy atom. The van der Waals surface area contributed by atoms with E-state index in [0.717, 1.165) is 0 Å². The van der Waals surface area contributed by atoms with E-state index in [4.69, 9.17) is 0 Å². The molecule has 1 heterocycles. The van der Waals surface area contributed by atoms with Crippen LogP contribution in [0.3, 0.4) is 0 Å². The van der Waals surface area contributed by atoms with Crippen molar-refractivity contribution in [1.82, 2.24) is 0 Å². The lowest BCUT2D eigenvalue weighted by Gasteiger charge is -2.03. The summed E-state index contributed by atoms with van der Waals surface area (Å²) in [5, 5.41) is 2.12. The van der Waals surface area contributed by atoms with Crippen LogP contribution in [0.2, 0.25) is 0 Å². The van der Waals surface area contributed by atoms with E-state index in [1.165, 1.54) is 17.7 Å². The fourth-order valence-electron chi connectivity index (χ4n) is 0.865. The minimum Gasteiger partial charge on any atom is -0.148 e. The van der Waals surface area contributed by atoms with Crippen molar-refractivity contribution in [1.29, 1.82) is 0 Å². The molecular weight excluding hydrogens is 208 g/mol. The summed E-state index contributed by atoms with van der Waals surface area (Å²) in [6.45, 7) is 2.21. The van der Waals surface area contributed by atoms with Crippen molar-refractivity contribution in [3.8, 4) is 0 Å². The Bertz CT molecular complexity index is 169. The van der Waals surface area contributed by atoms with Crippen molar-refractivity contribution in [3.63, 3.8) is 0 Å². The molecule has 1 atom stereocenters. The summed E-state index contributed by atoms with van der Waals surface area (Å²) in [7, 11) is 0. The maximum atomic E-state index is 3.64. The highest BCUT2D eigenvalue weighted by Gasteiger charge is 2.05. The molecule has 0 aliphatic carbocycles. The van der Waals surface area contributed by atoms with Gasteiger partial charge in [-0.25, -0.2) is 0 Å². The average Bonchev–Trinajstić information content (AvgIpc) is 2.38. The molecular formula is C8H11BrS. The number of rotatable bonds is 3. The highest BCUT2D eigenvalue weighted by Crippen LogP contribution is 2.30. The van der Waals surface area contributed by atoms with Gasteiger partial charge in [0, 0.05) is 9.70 Å². The molecule has 1 aromatic rings. The van der Waals surface area contributed by atoms with Gasteiger partial charge in [0.25, 0.3) is 0 Å². The topological polar surface area (TPSA) is 0 Å². The van der Waals surface area contributed by atoms with Crippen molar-refractivity contribution in [2.45, 2.75) is 24.6 Å². The third-order valence-electron chi connectivity index (χ3n) is 1.39. The lowest BCUT2D eigenvalue weighted by Crippen LogP contribution is -1.82. The van der Waals surface area contributed by atoms with Crippen molar-refractivity contribution < 1.29 is 0 Å². The van der Waals surface area contributed by atoms with Crippen molar-refractivity contribution >= 4 is 27.3 Å². The van der Waals surface area contributed by atoms with Crippen molar-refractivity contribution in [3.05, 3.63) is 22.4 Å². The molecule has 0 aliphatic heterocycles. The summed E-state index contributed by atoms with van der Waals surface area (Å²) in [5.74, 6) is 0. The summed E-state index contributed by atoms with van der Waals surface area (Å²) >= 11 is 5.46. The van der Waals surface area contributed by atoms with Crippen LogP contribution in [0.5, 0.6) is 0 Å². The summed E-state index contributed by atoms with van der Waals surface area (Å²) in [6, 6.07) is 4.28. The molecule has 1 rings (SSSR count). The van der Waals surface area contributed by atoms with E-state index in [2.05, 4.69) is 40.4 Å². The first-order valence-corrected chi connectivity index (χ1v) is 5.31. The normalized spacial score (nSPS) is 13.4. The first-order valence-electron chi connectivity index (χ1n) is 3.52. The standard InChI is InChI=1S/C8H11BrS/c1-2-4-7(9)8-5-3-6-10-8/h3,5-7H,2,4H2,1H3. The Hall–Kier alpha value is 0.180. The van der Waals surface area contributed by atoms with Gasteiger partial charge in [-0.1, -0.05) is 35.3 Å². The first-order chi connectivity index (χ1) is 4.84. The zero-order valence-corrected chi connectivity index (χ0v) is 8.41. The van der Waals surface area contributed by atoms with E-state index in [0.29, 0.717) is 4.83 Å². The molecule has 1 unspecified atom stereocenters. The molecule has 0 nitrogen and oxygen atoms in total. The van der Waals surface area contributed by atoms with Gasteiger partial charge in [-0.2, -0.15) is 0 Å². The Kier molecular flexibility index (Phi) is 3.43. The van der Waals surface area contributed by atoms with Gasteiger partial charge in [0.15, 0.2) is 0 Å². The van der Waals surface area contributed by atoms with Crippen LogP contribution < -0.4 is 0 Å². The Morgan fingerprint density at radius 1 is 1.70 bits per heavy atom. The van der Waals surface area contributed by atoms with E-state index in [1.807, 2.05) is 11.3 Å². The molecule has 10 heavy (non-hydrogen) atoms. The predicted octanol–water partition coefficient (Wildman–Crippen LogP) is 3.98. The molecule has 0 spiro atoms. The van der Waals surface area contributed by atoms with Crippen molar-refractivity contribution in [2.24, 2.45) is 0 Å². The summed E-state index contributed by atoms with van der Waals surface area (Å²) in [4.78, 5) is 2.03. The Morgan fingerprint density at radius 3 is 3.00 bits per heavy atom. The molecule has 1 aromatic heterocycles. The fraction of sp³-hybridized carbons (Fsp3) is 0.500. The zero-order valence-electron chi connectivity index (χ0n) is 6.01. The van der Waals surface area contributed by atoms with Gasteiger partial charge >= 0.3 is 0 Å². The molecule has 56 valence electrons. The molecule has 0 radical (unpaired) electrons. The van der Waals surface area contributed by atoms with Crippen LogP contribution in [0.1, 0.15) is 29.5 Å². The van der Waals surface area contributed by atoms with Crippen LogP contribution in [0.4, 0.5) is 0 Å². The molecule has 0 fully saturated rings. The molecule has 0 aromatic carbocycles. The summed E-state index contributed by atoms with van der Waals surface area (Å²) in [5.41, 5.74) is 0. The molecule has 0 N–H and O–H groups in total. The first kappa shape index (κ1) is 8.28. The second-order valence-corrected chi connectivity index (χ2v) is 4.36. The number of halogens is 1. The van der Waals surface area contributed by atoms with Gasteiger partial charge in [0.2, 0.25) is 0 Å². The fourth-order valence-corrected chi connectivity index (χ4v) is 2.54. The molecule has 0 amide bonds. The maximum absolute atomic E-state index is 3.64. The largest absolute Gasteiger partial charge is 0.148 e. The van der Waals surface area contributed by atoms with Crippen LogP contribution in [-0.2, 0) is 0 Å². The Labute approximate surface area is 74.4 Å². The molecule has 0 bridgehead atoms. The van der Waals surface area contributed by atoms with Crippen molar-refractivity contribution in [2.75, 3.05) is 0 Å². The molecule has 0 saturated heterocycles. The van der Waals surface area contributed by atoms with Gasteiger partial charge in [0.1, 0.15) is 0 Å². The minimum atomic E-state index is 0.581. The van der Waals surface area contributed by atoms with Crippen LogP contribution in [0.25, 0.3) is 0 Å². The monoisotopic (exact) mass is 218 g/mol. The SMILES string of the molecule is CCCC(Br)c1cccs1. The van der Waals surface area contributed by atoms with Crippen LogP contribution in [0, 0.1) is 0 Å². The van der Waals surface area contributed by atoms with E-state index in [-0.39, 0.29) is 0 Å². The zero-order chi connectivity index (χ0) is 7.40. The number of hydrogen-bond donors (Lipinski definition) is 0. The van der Waals surface area contributed by atoms with Gasteiger partial charge in [0.05, 0.1) is 0 Å². The second-order valence-electron chi connectivity index (χ2n) is 2.27. The van der Waals surface area contributed by atoms with E-state index in [9.17, 15) is 0 Å². The van der Waals surface area contributed by atoms with Gasteiger partial charge in [-0.05, 0) is 17.9 Å².